The molecule has 5 heteroatoms. The van der Waals surface area contributed by atoms with E-state index in [0.717, 1.165) is 6.07 Å². The highest BCUT2D eigenvalue weighted by Gasteiger charge is 2.14. The highest BCUT2D eigenvalue weighted by Crippen LogP contribution is 2.20. The van der Waals surface area contributed by atoms with Crippen molar-refractivity contribution >= 4 is 11.6 Å². The van der Waals surface area contributed by atoms with Crippen LogP contribution >= 0.6 is 11.6 Å². The predicted molar refractivity (Wildman–Crippen MR) is 64.3 cm³/mol. The zero-order valence-corrected chi connectivity index (χ0v) is 10.0. The van der Waals surface area contributed by atoms with Crippen LogP contribution in [0.5, 0.6) is 0 Å². The molecular formula is C13H10ClF2NO. The Hall–Kier alpha value is -1.52. The van der Waals surface area contributed by atoms with Crippen LogP contribution in [0.3, 0.4) is 0 Å². The van der Waals surface area contributed by atoms with E-state index < -0.39 is 17.7 Å². The lowest BCUT2D eigenvalue weighted by Gasteiger charge is -2.11. The van der Waals surface area contributed by atoms with Gasteiger partial charge in [0.2, 0.25) is 0 Å². The van der Waals surface area contributed by atoms with Gasteiger partial charge >= 0.3 is 0 Å². The smallest absolute Gasteiger partial charge is 0.162 e. The molecule has 0 amide bonds. The minimum atomic E-state index is -1.00. The fraction of sp³-hybridized carbons (Fsp3) is 0.154. The molecule has 0 spiro atoms. The minimum absolute atomic E-state index is 0.0434. The first-order valence-electron chi connectivity index (χ1n) is 5.30. The van der Waals surface area contributed by atoms with E-state index in [2.05, 4.69) is 4.98 Å². The summed E-state index contributed by atoms with van der Waals surface area (Å²) in [5.41, 5.74) is 0.474. The molecule has 2 nitrogen and oxygen atoms in total. The van der Waals surface area contributed by atoms with Gasteiger partial charge in [-0.25, -0.2) is 8.78 Å². The van der Waals surface area contributed by atoms with E-state index in [1.54, 1.807) is 12.1 Å². The van der Waals surface area contributed by atoms with E-state index in [4.69, 9.17) is 11.6 Å². The van der Waals surface area contributed by atoms with Gasteiger partial charge in [-0.3, -0.25) is 4.98 Å². The molecule has 0 radical (unpaired) electrons. The van der Waals surface area contributed by atoms with Crippen LogP contribution in [0.4, 0.5) is 8.78 Å². The molecule has 1 atom stereocenters. The molecule has 0 aliphatic carbocycles. The molecule has 0 saturated heterocycles. The Morgan fingerprint density at radius 3 is 2.67 bits per heavy atom. The summed E-state index contributed by atoms with van der Waals surface area (Å²) in [5.74, 6) is -1.87. The quantitative estimate of drug-likeness (QED) is 0.927. The third-order valence-corrected chi connectivity index (χ3v) is 2.76. The van der Waals surface area contributed by atoms with Crippen molar-refractivity contribution in [1.29, 1.82) is 0 Å². The minimum Gasteiger partial charge on any atom is -0.386 e. The average molecular weight is 270 g/mol. The van der Waals surface area contributed by atoms with E-state index >= 15 is 0 Å². The summed E-state index contributed by atoms with van der Waals surface area (Å²) >= 11 is 5.67. The van der Waals surface area contributed by atoms with E-state index in [-0.39, 0.29) is 12.0 Å². The van der Waals surface area contributed by atoms with Crippen molar-refractivity contribution in [3.05, 3.63) is 64.4 Å². The van der Waals surface area contributed by atoms with Crippen LogP contribution in [-0.2, 0) is 6.42 Å². The Morgan fingerprint density at radius 1 is 1.22 bits per heavy atom. The summed E-state index contributed by atoms with van der Waals surface area (Å²) in [6.45, 7) is 0. The Balaban J connectivity index is 2.18. The standard InChI is InChI=1S/C13H10ClF2NO/c14-9-4-5-11(17-7-9)12(18)6-8-2-1-3-10(15)13(8)16/h1-5,7,12,18H,6H2. The maximum atomic E-state index is 13.4. The summed E-state index contributed by atoms with van der Waals surface area (Å²) in [6, 6.07) is 6.98. The Kier molecular flexibility index (Phi) is 3.89. The van der Waals surface area contributed by atoms with Gasteiger partial charge in [0, 0.05) is 12.6 Å². The number of benzene rings is 1. The van der Waals surface area contributed by atoms with Crippen LogP contribution in [0.2, 0.25) is 5.02 Å². The summed E-state index contributed by atoms with van der Waals surface area (Å²) in [5, 5.41) is 10.3. The number of nitrogens with zero attached hydrogens (tertiary/aromatic N) is 1. The molecule has 2 rings (SSSR count). The van der Waals surface area contributed by atoms with Gasteiger partial charge in [-0.05, 0) is 23.8 Å². The largest absolute Gasteiger partial charge is 0.386 e. The second-order valence-electron chi connectivity index (χ2n) is 3.83. The van der Waals surface area contributed by atoms with Crippen LogP contribution in [0, 0.1) is 11.6 Å². The summed E-state index contributed by atoms with van der Waals surface area (Å²) in [7, 11) is 0. The number of halogens is 3. The Bertz CT molecular complexity index is 545. The van der Waals surface area contributed by atoms with E-state index in [1.807, 2.05) is 0 Å². The number of hydrogen-bond acceptors (Lipinski definition) is 2. The molecule has 1 heterocycles. The SMILES string of the molecule is OC(Cc1cccc(F)c1F)c1ccc(Cl)cn1. The maximum absolute atomic E-state index is 13.4. The van der Waals surface area contributed by atoms with Crippen molar-refractivity contribution < 1.29 is 13.9 Å². The molecule has 1 aromatic heterocycles. The lowest BCUT2D eigenvalue weighted by atomic mass is 10.0. The van der Waals surface area contributed by atoms with Crippen molar-refractivity contribution in [3.63, 3.8) is 0 Å². The zero-order chi connectivity index (χ0) is 13.1. The van der Waals surface area contributed by atoms with E-state index in [0.29, 0.717) is 10.7 Å². The third kappa shape index (κ3) is 2.83. The first-order chi connectivity index (χ1) is 8.58. The van der Waals surface area contributed by atoms with Gasteiger partial charge in [0.25, 0.3) is 0 Å². The van der Waals surface area contributed by atoms with Crippen molar-refractivity contribution in [2.75, 3.05) is 0 Å². The number of pyridine rings is 1. The first kappa shape index (κ1) is 12.9. The van der Waals surface area contributed by atoms with Crippen molar-refractivity contribution in [3.8, 4) is 0 Å². The number of rotatable bonds is 3. The fourth-order valence-electron chi connectivity index (χ4n) is 1.60. The number of aliphatic hydroxyl groups excluding tert-OH is 1. The highest BCUT2D eigenvalue weighted by atomic mass is 35.5. The molecule has 0 bridgehead atoms. The molecule has 0 saturated carbocycles. The van der Waals surface area contributed by atoms with Crippen molar-refractivity contribution in [1.82, 2.24) is 4.98 Å². The average Bonchev–Trinajstić information content (AvgIpc) is 2.36. The van der Waals surface area contributed by atoms with Crippen molar-refractivity contribution in [2.45, 2.75) is 12.5 Å². The number of aromatic nitrogens is 1. The molecule has 94 valence electrons. The third-order valence-electron chi connectivity index (χ3n) is 2.54. The molecule has 0 fully saturated rings. The van der Waals surface area contributed by atoms with Gasteiger partial charge in [-0.15, -0.1) is 0 Å². The lowest BCUT2D eigenvalue weighted by Crippen LogP contribution is -2.06. The molecule has 2 aromatic rings. The molecule has 18 heavy (non-hydrogen) atoms. The molecular weight excluding hydrogens is 260 g/mol. The number of hydrogen-bond donors (Lipinski definition) is 1. The predicted octanol–water partition coefficient (Wildman–Crippen LogP) is 3.29. The van der Waals surface area contributed by atoms with Gasteiger partial charge in [0.1, 0.15) is 6.10 Å². The fourth-order valence-corrected chi connectivity index (χ4v) is 1.72. The van der Waals surface area contributed by atoms with Gasteiger partial charge in [-0.2, -0.15) is 0 Å². The van der Waals surface area contributed by atoms with E-state index in [9.17, 15) is 13.9 Å². The lowest BCUT2D eigenvalue weighted by molar-refractivity contribution is 0.172. The Labute approximate surface area is 108 Å². The highest BCUT2D eigenvalue weighted by molar-refractivity contribution is 6.30. The summed E-state index contributed by atoms with van der Waals surface area (Å²) < 4.78 is 26.4. The molecule has 0 aliphatic heterocycles. The maximum Gasteiger partial charge on any atom is 0.162 e. The van der Waals surface area contributed by atoms with Crippen LogP contribution in [0.1, 0.15) is 17.4 Å². The second-order valence-corrected chi connectivity index (χ2v) is 4.27. The zero-order valence-electron chi connectivity index (χ0n) is 9.28. The number of aliphatic hydroxyl groups is 1. The van der Waals surface area contributed by atoms with E-state index in [1.165, 1.54) is 18.3 Å². The Morgan fingerprint density at radius 2 is 2.00 bits per heavy atom. The van der Waals surface area contributed by atoms with Crippen LogP contribution in [-0.4, -0.2) is 10.1 Å². The normalized spacial score (nSPS) is 12.4. The van der Waals surface area contributed by atoms with Gasteiger partial charge in [0.15, 0.2) is 11.6 Å². The second kappa shape index (κ2) is 5.42. The molecule has 1 unspecified atom stereocenters. The summed E-state index contributed by atoms with van der Waals surface area (Å²) in [4.78, 5) is 3.93. The van der Waals surface area contributed by atoms with Gasteiger partial charge < -0.3 is 5.11 Å². The van der Waals surface area contributed by atoms with Crippen LogP contribution in [0.15, 0.2) is 36.5 Å². The monoisotopic (exact) mass is 269 g/mol. The molecule has 1 N–H and O–H groups in total. The molecule has 1 aromatic carbocycles. The van der Waals surface area contributed by atoms with Gasteiger partial charge in [0.05, 0.1) is 10.7 Å². The van der Waals surface area contributed by atoms with Gasteiger partial charge in [-0.1, -0.05) is 23.7 Å². The van der Waals surface area contributed by atoms with Crippen LogP contribution in [0.25, 0.3) is 0 Å². The topological polar surface area (TPSA) is 33.1 Å². The molecule has 0 aliphatic rings. The summed E-state index contributed by atoms with van der Waals surface area (Å²) in [6.07, 6.45) is 0.346. The van der Waals surface area contributed by atoms with Crippen molar-refractivity contribution in [2.24, 2.45) is 0 Å². The van der Waals surface area contributed by atoms with Crippen LogP contribution < -0.4 is 0 Å². The first-order valence-corrected chi connectivity index (χ1v) is 5.68.